The molecular weight excluding hydrogens is 239 g/mol. The molecule has 1 rings (SSSR count). The highest BCUT2D eigenvalue weighted by atomic mass is 79.9. The molecule has 2 nitrogen and oxygen atoms in total. The molecule has 0 heterocycles. The van der Waals surface area contributed by atoms with Crippen LogP contribution in [0.5, 0.6) is 5.75 Å². The molecule has 0 amide bonds. The van der Waals surface area contributed by atoms with Crippen LogP contribution >= 0.6 is 15.9 Å². The zero-order valence-corrected chi connectivity index (χ0v) is 8.56. The maximum Gasteiger partial charge on any atom is 0.177 e. The van der Waals surface area contributed by atoms with Crippen LogP contribution in [0.2, 0.25) is 0 Å². The van der Waals surface area contributed by atoms with Gasteiger partial charge in [-0.1, -0.05) is 15.9 Å². The summed E-state index contributed by atoms with van der Waals surface area (Å²) in [5.74, 6) is -0.995. The third-order valence-corrected chi connectivity index (χ3v) is 2.20. The first kappa shape index (κ1) is 10.2. The summed E-state index contributed by atoms with van der Waals surface area (Å²) in [6.07, 6.45) is 0. The minimum atomic E-state index is -0.514. The summed E-state index contributed by atoms with van der Waals surface area (Å²) in [5.41, 5.74) is 0.388. The Hall–Kier alpha value is -0.900. The Morgan fingerprint density at radius 1 is 1.62 bits per heavy atom. The number of halogens is 2. The second kappa shape index (κ2) is 3.87. The molecule has 0 radical (unpaired) electrons. The maximum absolute atomic E-state index is 12.8. The van der Waals surface area contributed by atoms with Gasteiger partial charge in [-0.2, -0.15) is 0 Å². The van der Waals surface area contributed by atoms with Crippen molar-refractivity contribution in [3.63, 3.8) is 0 Å². The summed E-state index contributed by atoms with van der Waals surface area (Å²) in [6.45, 7) is 1.55. The van der Waals surface area contributed by atoms with Gasteiger partial charge in [0.2, 0.25) is 0 Å². The third-order valence-electron chi connectivity index (χ3n) is 1.69. The van der Waals surface area contributed by atoms with Crippen LogP contribution in [0.4, 0.5) is 4.39 Å². The highest BCUT2D eigenvalue weighted by Crippen LogP contribution is 2.24. The number of Topliss-reactive ketones (excluding diaryl/α,β-unsaturated/α-hetero) is 1. The smallest absolute Gasteiger partial charge is 0.177 e. The van der Waals surface area contributed by atoms with Gasteiger partial charge < -0.3 is 5.11 Å². The van der Waals surface area contributed by atoms with Gasteiger partial charge in [0.05, 0.1) is 10.9 Å². The number of aromatic hydroxyl groups is 1. The van der Waals surface area contributed by atoms with E-state index in [0.29, 0.717) is 5.56 Å². The molecule has 0 saturated carbocycles. The third kappa shape index (κ3) is 2.06. The quantitative estimate of drug-likeness (QED) is 0.643. The molecule has 0 saturated heterocycles. The second-order valence-electron chi connectivity index (χ2n) is 2.68. The molecule has 0 spiro atoms. The molecule has 0 fully saturated rings. The molecule has 1 aromatic carbocycles. The second-order valence-corrected chi connectivity index (χ2v) is 3.24. The summed E-state index contributed by atoms with van der Waals surface area (Å²) in [7, 11) is 0. The van der Waals surface area contributed by atoms with E-state index < -0.39 is 5.82 Å². The van der Waals surface area contributed by atoms with Crippen molar-refractivity contribution >= 4 is 21.7 Å². The highest BCUT2D eigenvalue weighted by Gasteiger charge is 2.13. The molecule has 1 aromatic rings. The summed E-state index contributed by atoms with van der Waals surface area (Å²) < 4.78 is 12.8. The number of rotatable bonds is 2. The Bertz CT molecular complexity index is 350. The monoisotopic (exact) mass is 246 g/mol. The predicted octanol–water partition coefficient (Wildman–Crippen LogP) is 2.42. The van der Waals surface area contributed by atoms with E-state index >= 15 is 0 Å². The molecule has 0 aliphatic carbocycles. The van der Waals surface area contributed by atoms with Gasteiger partial charge in [0.1, 0.15) is 11.6 Å². The van der Waals surface area contributed by atoms with Gasteiger partial charge in [-0.3, -0.25) is 4.79 Å². The number of aryl methyl sites for hydroxylation is 1. The van der Waals surface area contributed by atoms with E-state index in [-0.39, 0.29) is 22.4 Å². The van der Waals surface area contributed by atoms with Crippen molar-refractivity contribution in [2.75, 3.05) is 5.33 Å². The number of alkyl halides is 1. The molecule has 0 bridgehead atoms. The number of ketones is 1. The average Bonchev–Trinajstić information content (AvgIpc) is 2.10. The Kier molecular flexibility index (Phi) is 3.03. The van der Waals surface area contributed by atoms with Gasteiger partial charge >= 0.3 is 0 Å². The van der Waals surface area contributed by atoms with Gasteiger partial charge in [-0.25, -0.2) is 4.39 Å². The number of carbonyl (C=O) groups is 1. The van der Waals surface area contributed by atoms with Crippen LogP contribution in [-0.4, -0.2) is 16.2 Å². The topological polar surface area (TPSA) is 37.3 Å². The SMILES string of the molecule is Cc1cc(F)cc(C(=O)CBr)c1O. The normalized spacial score (nSPS) is 10.1. The van der Waals surface area contributed by atoms with E-state index in [1.54, 1.807) is 6.92 Å². The van der Waals surface area contributed by atoms with Crippen LogP contribution < -0.4 is 0 Å². The number of benzene rings is 1. The van der Waals surface area contributed by atoms with Crippen LogP contribution in [0.3, 0.4) is 0 Å². The molecule has 1 N–H and O–H groups in total. The maximum atomic E-state index is 12.8. The lowest BCUT2D eigenvalue weighted by atomic mass is 10.1. The molecule has 0 unspecified atom stereocenters. The molecule has 0 aliphatic rings. The minimum absolute atomic E-state index is 0.0226. The molecule has 0 atom stereocenters. The van der Waals surface area contributed by atoms with Gasteiger partial charge in [0.25, 0.3) is 0 Å². The number of hydrogen-bond acceptors (Lipinski definition) is 2. The summed E-state index contributed by atoms with van der Waals surface area (Å²) in [4.78, 5) is 11.2. The number of carbonyl (C=O) groups excluding carboxylic acids is 1. The number of phenols is 1. The van der Waals surface area contributed by atoms with E-state index in [9.17, 15) is 14.3 Å². The lowest BCUT2D eigenvalue weighted by molar-refractivity contribution is 0.102. The van der Waals surface area contributed by atoms with E-state index in [2.05, 4.69) is 15.9 Å². The minimum Gasteiger partial charge on any atom is -0.507 e. The first-order valence-corrected chi connectivity index (χ1v) is 4.76. The first-order valence-electron chi connectivity index (χ1n) is 3.64. The van der Waals surface area contributed by atoms with Crippen LogP contribution in [0, 0.1) is 12.7 Å². The van der Waals surface area contributed by atoms with E-state index in [1.807, 2.05) is 0 Å². The van der Waals surface area contributed by atoms with Crippen LogP contribution in [0.15, 0.2) is 12.1 Å². The van der Waals surface area contributed by atoms with Gasteiger partial charge in [-0.15, -0.1) is 0 Å². The molecule has 70 valence electrons. The number of phenolic OH excluding ortho intramolecular Hbond substituents is 1. The molecule has 4 heteroatoms. The van der Waals surface area contributed by atoms with E-state index in [1.165, 1.54) is 6.07 Å². The molecule has 13 heavy (non-hydrogen) atoms. The number of hydrogen-bond donors (Lipinski definition) is 1. The van der Waals surface area contributed by atoms with Crippen molar-refractivity contribution in [2.45, 2.75) is 6.92 Å². The molecule has 0 aliphatic heterocycles. The van der Waals surface area contributed by atoms with Crippen molar-refractivity contribution in [3.8, 4) is 5.75 Å². The van der Waals surface area contributed by atoms with Crippen molar-refractivity contribution < 1.29 is 14.3 Å². The van der Waals surface area contributed by atoms with Gasteiger partial charge in [0.15, 0.2) is 5.78 Å². The van der Waals surface area contributed by atoms with Crippen LogP contribution in [0.1, 0.15) is 15.9 Å². The summed E-state index contributed by atoms with van der Waals surface area (Å²) >= 11 is 2.95. The fraction of sp³-hybridized carbons (Fsp3) is 0.222. The fourth-order valence-corrected chi connectivity index (χ4v) is 1.32. The zero-order chi connectivity index (χ0) is 10.0. The van der Waals surface area contributed by atoms with Gasteiger partial charge in [-0.05, 0) is 24.6 Å². The zero-order valence-electron chi connectivity index (χ0n) is 6.97. The first-order chi connectivity index (χ1) is 6.06. The predicted molar refractivity (Wildman–Crippen MR) is 50.9 cm³/mol. The van der Waals surface area contributed by atoms with Crippen molar-refractivity contribution in [1.82, 2.24) is 0 Å². The fourth-order valence-electron chi connectivity index (χ4n) is 1.02. The van der Waals surface area contributed by atoms with Crippen molar-refractivity contribution in [3.05, 3.63) is 29.1 Å². The summed E-state index contributed by atoms with van der Waals surface area (Å²) in [6, 6.07) is 2.21. The lowest BCUT2D eigenvalue weighted by Crippen LogP contribution is -2.02. The van der Waals surface area contributed by atoms with Crippen molar-refractivity contribution in [1.29, 1.82) is 0 Å². The molecular formula is C9H8BrFO2. The van der Waals surface area contributed by atoms with Crippen molar-refractivity contribution in [2.24, 2.45) is 0 Å². The Morgan fingerprint density at radius 2 is 2.23 bits per heavy atom. The average molecular weight is 247 g/mol. The van der Waals surface area contributed by atoms with Crippen LogP contribution in [0.25, 0.3) is 0 Å². The van der Waals surface area contributed by atoms with Gasteiger partial charge in [0, 0.05) is 0 Å². The van der Waals surface area contributed by atoms with E-state index in [4.69, 9.17) is 0 Å². The Morgan fingerprint density at radius 3 is 2.77 bits per heavy atom. The molecule has 0 aromatic heterocycles. The Labute approximate surface area is 83.5 Å². The highest BCUT2D eigenvalue weighted by molar-refractivity contribution is 9.09. The van der Waals surface area contributed by atoms with Crippen LogP contribution in [-0.2, 0) is 0 Å². The Balaban J connectivity index is 3.28. The lowest BCUT2D eigenvalue weighted by Gasteiger charge is -2.04. The van der Waals surface area contributed by atoms with E-state index in [0.717, 1.165) is 6.07 Å². The largest absolute Gasteiger partial charge is 0.507 e. The summed E-state index contributed by atoms with van der Waals surface area (Å²) in [5, 5.41) is 9.49. The standard InChI is InChI=1S/C9H8BrFO2/c1-5-2-6(11)3-7(9(5)13)8(12)4-10/h2-3,13H,4H2,1H3.